The summed E-state index contributed by atoms with van der Waals surface area (Å²) in [5.74, 6) is 9.96. The number of aliphatic carboxylic acids is 2. The SMILES string of the molecule is C.CC(=O)NC1CCC(CC(=O)O)CC1.CC(C)OC(=O)Cl.CC1CCC(CC(=O)O)CC1.CC1CCC(CCN2CCN(c3nsc4ccccc34)CC2)CC1.CC1CCC(CCO)CC1.CC1CCC(CCOS(C)(=O)=O)CC1.CCN(CC)CC.NC1CCC(CCN2CCN(c3nsc4ccccc34)CC2)CC1.O=CO[O-].[H-].[K+].[K+].c1ccc2c(N3CCNCC3)nsc2c1. The van der Waals surface area contributed by atoms with Gasteiger partial charge in [-0.15, -0.1) is 0 Å². The summed E-state index contributed by atoms with van der Waals surface area (Å²) in [6, 6.07) is 26.4. The van der Waals surface area contributed by atoms with E-state index in [1.807, 2.05) is 0 Å². The minimum Gasteiger partial charge on any atom is -1.00 e. The first-order chi connectivity index (χ1) is 62.5. The second-order valence-electron chi connectivity index (χ2n) is 37.9. The number of aromatic nitrogens is 3. The number of piperazine rings is 3. The Kier molecular flexibility index (Phi) is 67.1. The summed E-state index contributed by atoms with van der Waals surface area (Å²) in [5.41, 5.74) is 5.28. The maximum atomic E-state index is 10.8. The molecule has 3 aliphatic heterocycles. The molecule has 0 bridgehead atoms. The van der Waals surface area contributed by atoms with Crippen LogP contribution in [-0.2, 0) is 43.1 Å². The first-order valence-electron chi connectivity index (χ1n) is 49.1. The molecule has 6 saturated carbocycles. The third kappa shape index (κ3) is 52.2. The Bertz CT molecular complexity index is 4010. The van der Waals surface area contributed by atoms with Crippen molar-refractivity contribution < 1.29 is 171 Å². The third-order valence-electron chi connectivity index (χ3n) is 27.2. The molecule has 15 rings (SSSR count). The standard InChI is InChI=1S/C20H29N3S.C19H28N4S.C11H13N3S.C10H17NO3.C10H20O3S.C9H16O2.C9H18O.C6H15N.C4H7ClO2.CH2O3.CH4.2K.H/c1-16-6-8-17(9-7-16)10-11-22-12-14-23(15-13-22)20-18-4-2-3-5-19(18)24-21-20;20-16-7-5-15(6-8-16)9-10-22-11-13-23(14-12-22)19-17-3-1-2-4-18(17)24-21-19;1-2-4-10-9(3-1)11(13-15-10)14-7-5-12-6-8-14;1-7(12)11-9-4-2-8(3-5-9)6-10(13)14;1-9-3-5-10(6-4-9)7-8-13-14(2,11)12;1-7-2-4-8(5-3-7)6-9(10)11;1-8-2-4-9(5-3-8)6-7-10;1-4-7(5-2)6-3;1-3(2)7-4(5)6;2-1-4-3;;;;/h2-5,16-17H,6-15H2,1H3;1-4,15-16H,5-14,20H2;1-4,12H,5-8H2;8-9H,2-6H2,1H3,(H,11,12)(H,13,14);9-10H,3-8H2,1-2H3;7-8H,2-6H2,1H3,(H,10,11);8-10H,2-7H2,1H3;4-6H2,1-3H3;3H,1-2H3;1,3H;1H4;;;/q;;;;;;;;;;;2*+1;-1/p-1. The molecular formula is C100H169ClK2N12O14S4. The van der Waals surface area contributed by atoms with E-state index in [0.717, 1.165) is 170 Å². The fourth-order valence-electron chi connectivity index (χ4n) is 18.8. The Labute approximate surface area is 903 Å². The van der Waals surface area contributed by atoms with Crippen molar-refractivity contribution >= 4 is 134 Å². The molecule has 26 nitrogen and oxygen atoms in total. The number of nitrogens with one attached hydrogen (secondary N) is 2. The molecule has 9 aliphatic rings. The summed E-state index contributed by atoms with van der Waals surface area (Å²) in [6.45, 7) is 40.9. The average Bonchev–Trinajstić information content (AvgIpc) is 1.67. The molecule has 0 spiro atoms. The molecule has 6 aliphatic carbocycles. The van der Waals surface area contributed by atoms with Crippen molar-refractivity contribution in [3.8, 4) is 0 Å². The number of nitrogens with two attached hydrogens (primary N) is 1. The molecule has 746 valence electrons. The molecule has 3 aromatic heterocycles. The van der Waals surface area contributed by atoms with E-state index in [0.29, 0.717) is 43.4 Å². The number of benzene rings is 3. The van der Waals surface area contributed by atoms with Crippen LogP contribution in [0.25, 0.3) is 30.3 Å². The van der Waals surface area contributed by atoms with Crippen molar-refractivity contribution in [2.75, 3.05) is 145 Å². The van der Waals surface area contributed by atoms with Crippen LogP contribution in [0.3, 0.4) is 0 Å². The monoisotopic (exact) mass is 2000 g/mol. The zero-order valence-electron chi connectivity index (χ0n) is 83.6. The van der Waals surface area contributed by atoms with E-state index in [4.69, 9.17) is 55.6 Å². The number of carboxylic acids is 2. The number of carbonyl (C=O) groups is 5. The van der Waals surface area contributed by atoms with Crippen LogP contribution in [0.15, 0.2) is 72.8 Å². The third-order valence-corrected chi connectivity index (χ3v) is 30.4. The minimum atomic E-state index is -3.24. The van der Waals surface area contributed by atoms with Crippen LogP contribution in [-0.4, -0.2) is 230 Å². The number of halogens is 1. The average molecular weight is 2010 g/mol. The van der Waals surface area contributed by atoms with Crippen molar-refractivity contribution in [3.63, 3.8) is 0 Å². The first kappa shape index (κ1) is 124. The quantitative estimate of drug-likeness (QED) is 0.00774. The number of carboxylic acid groups (broad SMARTS) is 2. The summed E-state index contributed by atoms with van der Waals surface area (Å²) < 4.78 is 48.4. The number of hydrogen-bond donors (Lipinski definition) is 6. The Balaban J connectivity index is 0.000000520. The van der Waals surface area contributed by atoms with Gasteiger partial charge in [-0.25, -0.2) is 4.79 Å². The number of carbonyl (C=O) groups excluding carboxylic acids is 3. The second kappa shape index (κ2) is 71.7. The van der Waals surface area contributed by atoms with Crippen LogP contribution in [0, 0.1) is 59.2 Å². The Morgan fingerprint density at radius 2 is 0.857 bits per heavy atom. The van der Waals surface area contributed by atoms with Crippen LogP contribution < -0.4 is 139 Å². The van der Waals surface area contributed by atoms with Crippen molar-refractivity contribution in [3.05, 3.63) is 72.8 Å². The van der Waals surface area contributed by atoms with Gasteiger partial charge in [0.05, 0.1) is 33.1 Å². The van der Waals surface area contributed by atoms with Gasteiger partial charge in [-0.3, -0.25) is 33.2 Å². The Morgan fingerprint density at radius 3 is 1.15 bits per heavy atom. The van der Waals surface area contributed by atoms with E-state index in [-0.39, 0.29) is 143 Å². The second-order valence-corrected chi connectivity index (χ2v) is 42.3. The summed E-state index contributed by atoms with van der Waals surface area (Å²) in [4.78, 5) is 67.6. The summed E-state index contributed by atoms with van der Waals surface area (Å²) >= 11 is 9.66. The topological polar surface area (TPSA) is 339 Å². The number of rotatable bonds is 25. The van der Waals surface area contributed by atoms with E-state index in [9.17, 15) is 27.6 Å². The summed E-state index contributed by atoms with van der Waals surface area (Å²) in [6.07, 6.45) is 36.1. The predicted octanol–water partition coefficient (Wildman–Crippen LogP) is 13.8. The van der Waals surface area contributed by atoms with E-state index >= 15 is 0 Å². The van der Waals surface area contributed by atoms with E-state index < -0.39 is 27.5 Å². The Hall–Kier alpha value is -2.73. The zero-order valence-corrected chi connectivity index (χ0v) is 92.9. The molecule has 9 fully saturated rings. The smallest absolute Gasteiger partial charge is 1.00 e. The minimum absolute atomic E-state index is 0. The fourth-order valence-corrected chi connectivity index (χ4v) is 21.8. The van der Waals surface area contributed by atoms with E-state index in [1.165, 1.54) is 223 Å². The largest absolute Gasteiger partial charge is 1.00 e. The predicted molar refractivity (Wildman–Crippen MR) is 542 cm³/mol. The Morgan fingerprint density at radius 1 is 0.541 bits per heavy atom. The van der Waals surface area contributed by atoms with Crippen molar-refractivity contribution in [2.24, 2.45) is 64.9 Å². The molecule has 0 atom stereocenters. The summed E-state index contributed by atoms with van der Waals surface area (Å²) in [7, 11) is -3.24. The fraction of sp³-hybridized carbons (Fsp3) is 0.740. The molecule has 3 aromatic carbocycles. The van der Waals surface area contributed by atoms with Gasteiger partial charge < -0.3 is 67.6 Å². The van der Waals surface area contributed by atoms with Crippen molar-refractivity contribution in [2.45, 2.75) is 287 Å². The molecule has 6 heterocycles. The first-order valence-corrected chi connectivity index (χ1v) is 53.7. The molecule has 3 saturated heterocycles. The summed E-state index contributed by atoms with van der Waals surface area (Å²) in [5, 5.41) is 44.4. The molecule has 1 amide bonds. The number of aliphatic hydroxyl groups excluding tert-OH is 1. The maximum absolute atomic E-state index is 10.8. The van der Waals surface area contributed by atoms with Gasteiger partial charge in [-0.1, -0.05) is 182 Å². The van der Waals surface area contributed by atoms with Crippen molar-refractivity contribution in [1.29, 1.82) is 0 Å². The van der Waals surface area contributed by atoms with Crippen LogP contribution in [0.4, 0.5) is 22.2 Å². The normalized spacial score (nSPS) is 23.6. The van der Waals surface area contributed by atoms with Crippen LogP contribution >= 0.6 is 46.2 Å². The number of fused-ring (bicyclic) bond motifs is 3. The maximum Gasteiger partial charge on any atom is 1.00 e. The van der Waals surface area contributed by atoms with Gasteiger partial charge in [0.25, 0.3) is 16.6 Å². The molecule has 33 heteroatoms. The number of hydrogen-bond acceptors (Lipinski definition) is 26. The molecule has 133 heavy (non-hydrogen) atoms. The van der Waals surface area contributed by atoms with Gasteiger partial charge in [0.15, 0.2) is 0 Å². The van der Waals surface area contributed by atoms with Gasteiger partial charge in [0, 0.05) is 145 Å². The molecule has 7 N–H and O–H groups in total. The van der Waals surface area contributed by atoms with Crippen LogP contribution in [0.1, 0.15) is 271 Å². The van der Waals surface area contributed by atoms with E-state index in [2.05, 4.69) is 175 Å². The van der Waals surface area contributed by atoms with Crippen LogP contribution in [0.5, 0.6) is 0 Å². The zero-order chi connectivity index (χ0) is 94.6. The number of amides is 1. The number of anilines is 3. The number of ether oxygens (including phenoxy) is 1. The van der Waals surface area contributed by atoms with Gasteiger partial charge in [0.2, 0.25) is 5.91 Å². The van der Waals surface area contributed by atoms with Crippen LogP contribution in [0.2, 0.25) is 0 Å². The molecule has 0 radical (unpaired) electrons. The van der Waals surface area contributed by atoms with E-state index in [1.54, 1.807) is 48.4 Å². The molecular weight excluding hydrogens is 1840 g/mol. The van der Waals surface area contributed by atoms with Gasteiger partial charge in [-0.05, 0) is 267 Å². The molecule has 0 unspecified atom stereocenters. The van der Waals surface area contributed by atoms with Crippen molar-refractivity contribution in [1.82, 2.24) is 38.5 Å². The number of aliphatic hydroxyl groups is 1. The number of nitrogens with zero attached hydrogens (tertiary/aromatic N) is 9. The van der Waals surface area contributed by atoms with Gasteiger partial charge in [-0.2, -0.15) is 21.5 Å². The van der Waals surface area contributed by atoms with Gasteiger partial charge in [0.1, 0.15) is 17.5 Å². The molecule has 6 aromatic rings. The van der Waals surface area contributed by atoms with Gasteiger partial charge >= 0.3 is 120 Å².